The highest BCUT2D eigenvalue weighted by Crippen LogP contribution is 2.25. The molecule has 1 aromatic rings. The van der Waals surface area contributed by atoms with E-state index in [0.717, 1.165) is 5.56 Å². The van der Waals surface area contributed by atoms with Gasteiger partial charge in [0.25, 0.3) is 0 Å². The fourth-order valence-corrected chi connectivity index (χ4v) is 2.04. The summed E-state index contributed by atoms with van der Waals surface area (Å²) < 4.78 is 29.9. The zero-order chi connectivity index (χ0) is 13.0. The Balaban J connectivity index is 1.91. The van der Waals surface area contributed by atoms with E-state index in [-0.39, 0.29) is 6.10 Å². The first kappa shape index (κ1) is 13.5. The predicted octanol–water partition coefficient (Wildman–Crippen LogP) is 2.69. The molecule has 2 rings (SSSR count). The summed E-state index contributed by atoms with van der Waals surface area (Å²) in [6, 6.07) is 9.79. The highest BCUT2D eigenvalue weighted by atomic mass is 19.1. The summed E-state index contributed by atoms with van der Waals surface area (Å²) >= 11 is 0. The zero-order valence-electron chi connectivity index (χ0n) is 10.7. The van der Waals surface area contributed by atoms with Crippen molar-refractivity contribution in [1.29, 1.82) is 0 Å². The molecule has 0 N–H and O–H groups in total. The van der Waals surface area contributed by atoms with Crippen LogP contribution in [0.5, 0.6) is 0 Å². The lowest BCUT2D eigenvalue weighted by Crippen LogP contribution is -2.46. The fraction of sp³-hybridized carbons (Fsp3) is 0.571. The first-order valence-electron chi connectivity index (χ1n) is 6.18. The summed E-state index contributed by atoms with van der Waals surface area (Å²) in [5.41, 5.74) is 1.06. The average Bonchev–Trinajstić information content (AvgIpc) is 2.41. The van der Waals surface area contributed by atoms with E-state index >= 15 is 0 Å². The van der Waals surface area contributed by atoms with Crippen molar-refractivity contribution in [2.24, 2.45) is 0 Å². The first-order valence-corrected chi connectivity index (χ1v) is 6.18. The van der Waals surface area contributed by atoms with Crippen molar-refractivity contribution in [3.05, 3.63) is 35.9 Å². The van der Waals surface area contributed by atoms with Gasteiger partial charge >= 0.3 is 0 Å². The van der Waals surface area contributed by atoms with Gasteiger partial charge in [-0.15, -0.1) is 0 Å². The largest absolute Gasteiger partial charge is 0.368 e. The van der Waals surface area contributed by atoms with Gasteiger partial charge in [0, 0.05) is 13.5 Å². The molecule has 1 aliphatic rings. The second kappa shape index (κ2) is 6.27. The molecule has 0 spiro atoms. The van der Waals surface area contributed by atoms with Crippen molar-refractivity contribution in [1.82, 2.24) is 0 Å². The summed E-state index contributed by atoms with van der Waals surface area (Å²) in [4.78, 5) is 0. The fourth-order valence-electron chi connectivity index (χ4n) is 2.04. The van der Waals surface area contributed by atoms with E-state index in [2.05, 4.69) is 0 Å². The molecular formula is C14H19FO3. The Morgan fingerprint density at radius 2 is 2.06 bits per heavy atom. The van der Waals surface area contributed by atoms with Crippen LogP contribution in [-0.4, -0.2) is 31.8 Å². The molecular weight excluding hydrogens is 235 g/mol. The van der Waals surface area contributed by atoms with Crippen molar-refractivity contribution >= 4 is 0 Å². The van der Waals surface area contributed by atoms with Crippen LogP contribution >= 0.6 is 0 Å². The number of halogens is 1. The lowest BCUT2D eigenvalue weighted by molar-refractivity contribution is -0.255. The molecule has 1 aromatic carbocycles. The van der Waals surface area contributed by atoms with Crippen molar-refractivity contribution in [2.45, 2.75) is 44.6 Å². The topological polar surface area (TPSA) is 27.7 Å². The van der Waals surface area contributed by atoms with Gasteiger partial charge in [-0.3, -0.25) is 0 Å². The van der Waals surface area contributed by atoms with E-state index < -0.39 is 18.6 Å². The number of benzene rings is 1. The number of hydrogen-bond donors (Lipinski definition) is 0. The van der Waals surface area contributed by atoms with Gasteiger partial charge in [0.15, 0.2) is 6.29 Å². The normalized spacial score (nSPS) is 32.4. The van der Waals surface area contributed by atoms with Gasteiger partial charge in [0.2, 0.25) is 0 Å². The van der Waals surface area contributed by atoms with Crippen LogP contribution in [0.2, 0.25) is 0 Å². The molecule has 0 aromatic heterocycles. The Bertz CT molecular complexity index is 357. The molecule has 0 saturated carbocycles. The van der Waals surface area contributed by atoms with Crippen LogP contribution < -0.4 is 0 Å². The molecule has 0 bridgehead atoms. The van der Waals surface area contributed by atoms with E-state index in [1.165, 1.54) is 0 Å². The van der Waals surface area contributed by atoms with Crippen LogP contribution in [0.1, 0.15) is 18.9 Å². The molecule has 4 heteroatoms. The first-order chi connectivity index (χ1) is 8.70. The van der Waals surface area contributed by atoms with Crippen molar-refractivity contribution < 1.29 is 18.6 Å². The molecule has 3 nitrogen and oxygen atoms in total. The molecule has 0 radical (unpaired) electrons. The van der Waals surface area contributed by atoms with Crippen LogP contribution in [0.3, 0.4) is 0 Å². The zero-order valence-corrected chi connectivity index (χ0v) is 10.7. The van der Waals surface area contributed by atoms with Gasteiger partial charge in [-0.2, -0.15) is 0 Å². The standard InChI is InChI=1S/C14H19FO3/c1-10-12(15)8-13(14(16-2)18-10)17-9-11-6-4-3-5-7-11/h3-7,10,12-14H,8-9H2,1-2H3/t10-,12+,13+,14+/m1/s1. The molecule has 0 amide bonds. The minimum absolute atomic E-state index is 0.312. The molecule has 0 unspecified atom stereocenters. The Morgan fingerprint density at radius 1 is 1.33 bits per heavy atom. The number of ether oxygens (including phenoxy) is 3. The third-order valence-electron chi connectivity index (χ3n) is 3.16. The monoisotopic (exact) mass is 254 g/mol. The maximum absolute atomic E-state index is 13.6. The highest BCUT2D eigenvalue weighted by molar-refractivity contribution is 5.13. The summed E-state index contributed by atoms with van der Waals surface area (Å²) in [5.74, 6) is 0. The lowest BCUT2D eigenvalue weighted by atomic mass is 10.0. The Hall–Kier alpha value is -0.970. The molecule has 0 aliphatic carbocycles. The van der Waals surface area contributed by atoms with E-state index in [1.807, 2.05) is 30.3 Å². The number of alkyl halides is 1. The Kier molecular flexibility index (Phi) is 4.69. The third-order valence-corrected chi connectivity index (χ3v) is 3.16. The van der Waals surface area contributed by atoms with Crippen LogP contribution in [0.25, 0.3) is 0 Å². The number of hydrogen-bond acceptors (Lipinski definition) is 3. The number of methoxy groups -OCH3 is 1. The van der Waals surface area contributed by atoms with Crippen molar-refractivity contribution in [2.75, 3.05) is 7.11 Å². The smallest absolute Gasteiger partial charge is 0.183 e. The summed E-state index contributed by atoms with van der Waals surface area (Å²) in [6.45, 7) is 2.15. The van der Waals surface area contributed by atoms with Crippen LogP contribution in [0, 0.1) is 0 Å². The van der Waals surface area contributed by atoms with Gasteiger partial charge in [-0.25, -0.2) is 4.39 Å². The predicted molar refractivity (Wildman–Crippen MR) is 65.9 cm³/mol. The van der Waals surface area contributed by atoms with Crippen LogP contribution in [0.4, 0.5) is 4.39 Å². The third kappa shape index (κ3) is 3.28. The Labute approximate surface area is 107 Å². The SMILES string of the molecule is CO[C@H]1O[C@H](C)[C@@H](F)C[C@@H]1OCc1ccccc1. The van der Waals surface area contributed by atoms with Crippen molar-refractivity contribution in [3.8, 4) is 0 Å². The molecule has 1 heterocycles. The van der Waals surface area contributed by atoms with E-state index in [1.54, 1.807) is 14.0 Å². The average molecular weight is 254 g/mol. The Morgan fingerprint density at radius 3 is 2.72 bits per heavy atom. The molecule has 1 fully saturated rings. The van der Waals surface area contributed by atoms with Crippen LogP contribution in [0.15, 0.2) is 30.3 Å². The van der Waals surface area contributed by atoms with Crippen molar-refractivity contribution in [3.63, 3.8) is 0 Å². The van der Waals surface area contributed by atoms with Crippen LogP contribution in [-0.2, 0) is 20.8 Å². The minimum Gasteiger partial charge on any atom is -0.368 e. The highest BCUT2D eigenvalue weighted by Gasteiger charge is 2.36. The maximum atomic E-state index is 13.6. The van der Waals surface area contributed by atoms with E-state index in [0.29, 0.717) is 13.0 Å². The van der Waals surface area contributed by atoms with Gasteiger partial charge < -0.3 is 14.2 Å². The quantitative estimate of drug-likeness (QED) is 0.826. The number of rotatable bonds is 4. The molecule has 18 heavy (non-hydrogen) atoms. The van der Waals surface area contributed by atoms with Gasteiger partial charge in [-0.1, -0.05) is 30.3 Å². The minimum atomic E-state index is -1.00. The van der Waals surface area contributed by atoms with Gasteiger partial charge in [0.1, 0.15) is 12.3 Å². The lowest BCUT2D eigenvalue weighted by Gasteiger charge is -2.36. The molecule has 1 aliphatic heterocycles. The second-order valence-corrected chi connectivity index (χ2v) is 4.53. The summed E-state index contributed by atoms with van der Waals surface area (Å²) in [5, 5.41) is 0. The van der Waals surface area contributed by atoms with Gasteiger partial charge in [-0.05, 0) is 12.5 Å². The van der Waals surface area contributed by atoms with Gasteiger partial charge in [0.05, 0.1) is 12.7 Å². The molecule has 4 atom stereocenters. The molecule has 1 saturated heterocycles. The van der Waals surface area contributed by atoms with E-state index in [9.17, 15) is 4.39 Å². The second-order valence-electron chi connectivity index (χ2n) is 4.53. The summed E-state index contributed by atoms with van der Waals surface area (Å²) in [7, 11) is 1.55. The molecule has 100 valence electrons. The maximum Gasteiger partial charge on any atom is 0.183 e. The summed E-state index contributed by atoms with van der Waals surface area (Å²) in [6.07, 6.45) is -1.98. The van der Waals surface area contributed by atoms with E-state index in [4.69, 9.17) is 14.2 Å².